The molecule has 74 valence electrons. The van der Waals surface area contributed by atoms with Crippen LogP contribution in [0.1, 0.15) is 27.2 Å². The van der Waals surface area contributed by atoms with Gasteiger partial charge in [-0.15, -0.1) is 0 Å². The maximum atomic E-state index is 5.58. The van der Waals surface area contributed by atoms with Crippen molar-refractivity contribution in [1.29, 1.82) is 0 Å². The number of hydrogen-bond acceptors (Lipinski definition) is 3. The highest BCUT2D eigenvalue weighted by molar-refractivity contribution is 6.62. The van der Waals surface area contributed by atoms with E-state index in [0.29, 0.717) is 12.1 Å². The maximum absolute atomic E-state index is 5.58. The van der Waals surface area contributed by atoms with Crippen LogP contribution in [-0.2, 0) is 13.3 Å². The minimum Gasteiger partial charge on any atom is -0.377 e. The Morgan fingerprint density at radius 3 is 1.92 bits per heavy atom. The molecule has 0 aliphatic heterocycles. The molecule has 0 bridgehead atoms. The van der Waals surface area contributed by atoms with Gasteiger partial charge in [-0.1, -0.05) is 13.8 Å². The quantitative estimate of drug-likeness (QED) is 0.603. The summed E-state index contributed by atoms with van der Waals surface area (Å²) >= 11 is 0. The first-order valence-electron chi connectivity index (χ1n) is 4.41. The fourth-order valence-electron chi connectivity index (χ4n) is 1.20. The van der Waals surface area contributed by atoms with Crippen molar-refractivity contribution in [2.45, 2.75) is 32.7 Å². The van der Waals surface area contributed by atoms with Crippen LogP contribution in [0.5, 0.6) is 0 Å². The van der Waals surface area contributed by atoms with Crippen LogP contribution in [0.3, 0.4) is 0 Å². The first-order chi connectivity index (χ1) is 5.66. The molecule has 0 spiro atoms. The molecule has 0 amide bonds. The van der Waals surface area contributed by atoms with Crippen molar-refractivity contribution in [2.75, 3.05) is 20.8 Å². The van der Waals surface area contributed by atoms with Gasteiger partial charge < -0.3 is 13.3 Å². The summed E-state index contributed by atoms with van der Waals surface area (Å²) in [6.07, 6.45) is 1.02. The fraction of sp³-hybridized carbons (Fsp3) is 1.00. The summed E-state index contributed by atoms with van der Waals surface area (Å²) in [7, 11) is 0.982. The zero-order valence-electron chi connectivity index (χ0n) is 8.72. The van der Waals surface area contributed by atoms with E-state index in [9.17, 15) is 0 Å². The minimum absolute atomic E-state index is 0.368. The molecule has 0 saturated heterocycles. The third-order valence-electron chi connectivity index (χ3n) is 2.13. The van der Waals surface area contributed by atoms with Gasteiger partial charge >= 0.3 is 8.80 Å². The molecule has 0 aromatic rings. The van der Waals surface area contributed by atoms with Crippen molar-refractivity contribution >= 4 is 8.80 Å². The molecule has 0 aromatic carbocycles. The van der Waals surface area contributed by atoms with Crippen molar-refractivity contribution in [1.82, 2.24) is 0 Å². The Kier molecular flexibility index (Phi) is 5.74. The van der Waals surface area contributed by atoms with E-state index in [1.807, 2.05) is 6.92 Å². The van der Waals surface area contributed by atoms with Crippen LogP contribution in [0, 0.1) is 0 Å². The topological polar surface area (TPSA) is 27.7 Å². The summed E-state index contributed by atoms with van der Waals surface area (Å²) in [5.74, 6) is 0. The van der Waals surface area contributed by atoms with Gasteiger partial charge in [0, 0.05) is 26.4 Å². The van der Waals surface area contributed by atoms with Crippen LogP contribution in [0.2, 0.25) is 5.54 Å². The molecular formula is C8H20O3Si. The van der Waals surface area contributed by atoms with Gasteiger partial charge in [0.05, 0.1) is 0 Å². The Hall–Kier alpha value is 0.0969. The molecule has 0 aliphatic rings. The van der Waals surface area contributed by atoms with Gasteiger partial charge in [-0.3, -0.25) is 0 Å². The molecule has 4 heteroatoms. The van der Waals surface area contributed by atoms with E-state index in [1.165, 1.54) is 0 Å². The van der Waals surface area contributed by atoms with Crippen LogP contribution in [0.25, 0.3) is 0 Å². The second-order valence-corrected chi connectivity index (χ2v) is 6.05. The number of hydrogen-bond donors (Lipinski definition) is 0. The normalized spacial score (nSPS) is 14.8. The monoisotopic (exact) mass is 192 g/mol. The fourth-order valence-corrected chi connectivity index (χ4v) is 3.59. The third kappa shape index (κ3) is 2.55. The molecule has 1 atom stereocenters. The Morgan fingerprint density at radius 1 is 1.17 bits per heavy atom. The molecule has 3 nitrogen and oxygen atoms in total. The van der Waals surface area contributed by atoms with Crippen LogP contribution >= 0.6 is 0 Å². The molecule has 0 heterocycles. The zero-order chi connectivity index (χ0) is 9.61. The van der Waals surface area contributed by atoms with Gasteiger partial charge in [-0.05, 0) is 13.3 Å². The van der Waals surface area contributed by atoms with Crippen LogP contribution in [-0.4, -0.2) is 29.6 Å². The lowest BCUT2D eigenvalue weighted by Gasteiger charge is -2.30. The predicted molar refractivity (Wildman–Crippen MR) is 51.1 cm³/mol. The summed E-state index contributed by atoms with van der Waals surface area (Å²) in [6.45, 7) is 6.83. The van der Waals surface area contributed by atoms with E-state index in [4.69, 9.17) is 13.3 Å². The average molecular weight is 192 g/mol. The van der Waals surface area contributed by atoms with Crippen LogP contribution in [0.15, 0.2) is 0 Å². The molecule has 0 radical (unpaired) electrons. The van der Waals surface area contributed by atoms with Gasteiger partial charge in [-0.25, -0.2) is 0 Å². The van der Waals surface area contributed by atoms with E-state index < -0.39 is 8.80 Å². The lowest BCUT2D eigenvalue weighted by Crippen LogP contribution is -2.47. The molecule has 0 N–H and O–H groups in total. The smallest absolute Gasteiger partial charge is 0.377 e. The maximum Gasteiger partial charge on any atom is 0.503 e. The molecule has 12 heavy (non-hydrogen) atoms. The summed E-state index contributed by atoms with van der Waals surface area (Å²) in [6, 6.07) is 0. The first-order valence-corrected chi connectivity index (χ1v) is 6.21. The highest BCUT2D eigenvalue weighted by atomic mass is 28.4. The lowest BCUT2D eigenvalue weighted by molar-refractivity contribution is 0.0935. The predicted octanol–water partition coefficient (Wildman–Crippen LogP) is 2.05. The zero-order valence-corrected chi connectivity index (χ0v) is 9.72. The second kappa shape index (κ2) is 5.69. The van der Waals surface area contributed by atoms with E-state index in [1.54, 1.807) is 14.2 Å². The molecule has 0 saturated carbocycles. The lowest BCUT2D eigenvalue weighted by atomic mass is 10.4. The van der Waals surface area contributed by atoms with Gasteiger partial charge in [0.2, 0.25) is 0 Å². The van der Waals surface area contributed by atoms with Crippen molar-refractivity contribution in [3.63, 3.8) is 0 Å². The van der Waals surface area contributed by atoms with Crippen LogP contribution < -0.4 is 0 Å². The largest absolute Gasteiger partial charge is 0.503 e. The van der Waals surface area contributed by atoms with Gasteiger partial charge in [0.15, 0.2) is 0 Å². The van der Waals surface area contributed by atoms with Gasteiger partial charge in [0.1, 0.15) is 0 Å². The first kappa shape index (κ1) is 12.1. The van der Waals surface area contributed by atoms with E-state index in [-0.39, 0.29) is 0 Å². The molecule has 1 unspecified atom stereocenters. The standard InChI is InChI=1S/C8H20O3Si/c1-6-8(3)12(9-4,10-5)11-7-2/h8H,6-7H2,1-5H3. The molecule has 0 fully saturated rings. The van der Waals surface area contributed by atoms with E-state index >= 15 is 0 Å². The van der Waals surface area contributed by atoms with Gasteiger partial charge in [-0.2, -0.15) is 0 Å². The van der Waals surface area contributed by atoms with Crippen LogP contribution in [0.4, 0.5) is 0 Å². The SMILES string of the molecule is CCO[Si](OC)(OC)C(C)CC. The molecule has 0 aliphatic carbocycles. The summed E-state index contributed by atoms with van der Waals surface area (Å²) in [5.41, 5.74) is 0.368. The van der Waals surface area contributed by atoms with Crippen molar-refractivity contribution < 1.29 is 13.3 Å². The highest BCUT2D eigenvalue weighted by Crippen LogP contribution is 2.26. The van der Waals surface area contributed by atoms with Crippen molar-refractivity contribution in [2.24, 2.45) is 0 Å². The Bertz CT molecular complexity index is 115. The Labute approximate surface area is 76.4 Å². The third-order valence-corrected chi connectivity index (χ3v) is 5.57. The number of rotatable bonds is 6. The Morgan fingerprint density at radius 2 is 1.67 bits per heavy atom. The summed E-state index contributed by atoms with van der Waals surface area (Å²) in [4.78, 5) is 0. The second-order valence-electron chi connectivity index (χ2n) is 2.75. The van der Waals surface area contributed by atoms with E-state index in [0.717, 1.165) is 6.42 Å². The minimum atomic E-state index is -2.35. The van der Waals surface area contributed by atoms with Gasteiger partial charge in [0.25, 0.3) is 0 Å². The highest BCUT2D eigenvalue weighted by Gasteiger charge is 2.44. The Balaban J connectivity index is 4.33. The van der Waals surface area contributed by atoms with Crippen molar-refractivity contribution in [3.05, 3.63) is 0 Å². The molecule has 0 aromatic heterocycles. The summed E-state index contributed by atoms with van der Waals surface area (Å²) < 4.78 is 16.3. The van der Waals surface area contributed by atoms with E-state index in [2.05, 4.69) is 13.8 Å². The van der Waals surface area contributed by atoms with Crippen molar-refractivity contribution in [3.8, 4) is 0 Å². The molecule has 0 rings (SSSR count). The summed E-state index contributed by atoms with van der Waals surface area (Å²) in [5, 5.41) is 0. The molecular weight excluding hydrogens is 172 g/mol. The average Bonchev–Trinajstić information content (AvgIpc) is 2.13.